The van der Waals surface area contributed by atoms with Gasteiger partial charge in [0, 0.05) is 28.5 Å². The summed E-state index contributed by atoms with van der Waals surface area (Å²) < 4.78 is 30.9. The fourth-order valence-corrected chi connectivity index (χ4v) is 5.22. The normalized spacial score (nSPS) is 14.7. The van der Waals surface area contributed by atoms with Crippen molar-refractivity contribution in [2.24, 2.45) is 0 Å². The number of rotatable bonds is 8. The number of aromatic nitrogens is 1. The second-order valence-corrected chi connectivity index (χ2v) is 9.56. The van der Waals surface area contributed by atoms with E-state index in [4.69, 9.17) is 14.2 Å². The van der Waals surface area contributed by atoms with Crippen LogP contribution in [0.4, 0.5) is 4.39 Å². The lowest BCUT2D eigenvalue weighted by atomic mass is 9.93. The molecule has 0 saturated carbocycles. The zero-order valence-corrected chi connectivity index (χ0v) is 21.2. The van der Waals surface area contributed by atoms with Crippen molar-refractivity contribution in [3.05, 3.63) is 125 Å². The molecule has 0 unspecified atom stereocenters. The first-order valence-electron chi connectivity index (χ1n) is 12.9. The largest absolute Gasteiger partial charge is 0.496 e. The first-order chi connectivity index (χ1) is 18.7. The van der Waals surface area contributed by atoms with E-state index in [2.05, 4.69) is 46.7 Å². The van der Waals surface area contributed by atoms with Crippen LogP contribution in [0.1, 0.15) is 34.0 Å². The van der Waals surface area contributed by atoms with Crippen molar-refractivity contribution in [2.45, 2.75) is 25.7 Å². The lowest BCUT2D eigenvalue weighted by Gasteiger charge is -2.22. The molecule has 0 saturated heterocycles. The third kappa shape index (κ3) is 4.95. The SMILES string of the molecule is COc1ccc([C@H]2[NH2+]CCc3c2[nH]c2ccc(OCc4ccccc4)cc32)cc1COc1ccc(F)cc1. The lowest BCUT2D eigenvalue weighted by molar-refractivity contribution is -0.690. The minimum atomic E-state index is -0.284. The van der Waals surface area contributed by atoms with Crippen LogP contribution in [0.2, 0.25) is 0 Å². The van der Waals surface area contributed by atoms with Gasteiger partial charge >= 0.3 is 0 Å². The van der Waals surface area contributed by atoms with Gasteiger partial charge in [-0.15, -0.1) is 0 Å². The molecule has 5 nitrogen and oxygen atoms in total. The van der Waals surface area contributed by atoms with Crippen LogP contribution < -0.4 is 19.5 Å². The molecule has 1 atom stereocenters. The maximum absolute atomic E-state index is 13.3. The van der Waals surface area contributed by atoms with E-state index in [1.807, 2.05) is 30.3 Å². The summed E-state index contributed by atoms with van der Waals surface area (Å²) in [5.74, 6) is 1.97. The summed E-state index contributed by atoms with van der Waals surface area (Å²) in [5.41, 5.74) is 6.96. The van der Waals surface area contributed by atoms with Gasteiger partial charge in [-0.1, -0.05) is 30.3 Å². The first-order valence-corrected chi connectivity index (χ1v) is 12.9. The number of methoxy groups -OCH3 is 1. The van der Waals surface area contributed by atoms with Crippen LogP contribution in [0.15, 0.2) is 91.0 Å². The highest BCUT2D eigenvalue weighted by Gasteiger charge is 2.29. The highest BCUT2D eigenvalue weighted by molar-refractivity contribution is 5.86. The number of halogens is 1. The third-order valence-corrected chi connectivity index (χ3v) is 7.14. The quantitative estimate of drug-likeness (QED) is 0.283. The van der Waals surface area contributed by atoms with E-state index >= 15 is 0 Å². The average Bonchev–Trinajstić information content (AvgIpc) is 3.34. The number of hydrogen-bond acceptors (Lipinski definition) is 3. The Morgan fingerprint density at radius 3 is 2.47 bits per heavy atom. The van der Waals surface area contributed by atoms with Crippen LogP contribution >= 0.6 is 0 Å². The molecule has 1 aromatic heterocycles. The molecule has 3 N–H and O–H groups in total. The topological polar surface area (TPSA) is 60.1 Å². The van der Waals surface area contributed by atoms with Crippen molar-refractivity contribution in [3.8, 4) is 17.2 Å². The fraction of sp³-hybridized carbons (Fsp3) is 0.188. The molecule has 0 bridgehead atoms. The van der Waals surface area contributed by atoms with Gasteiger partial charge in [0.1, 0.15) is 36.3 Å². The van der Waals surface area contributed by atoms with Crippen LogP contribution in [0.25, 0.3) is 10.9 Å². The molecule has 2 heterocycles. The second-order valence-electron chi connectivity index (χ2n) is 9.56. The second kappa shape index (κ2) is 10.6. The van der Waals surface area contributed by atoms with Crippen LogP contribution in [-0.2, 0) is 19.6 Å². The third-order valence-electron chi connectivity index (χ3n) is 7.14. The molecule has 0 spiro atoms. The molecule has 6 heteroatoms. The Labute approximate surface area is 221 Å². The number of aromatic amines is 1. The number of nitrogens with two attached hydrogens (primary N) is 1. The Morgan fingerprint density at radius 1 is 0.868 bits per heavy atom. The van der Waals surface area contributed by atoms with Crippen molar-refractivity contribution in [3.63, 3.8) is 0 Å². The summed E-state index contributed by atoms with van der Waals surface area (Å²) in [6.07, 6.45) is 0.991. The average molecular weight is 510 g/mol. The molecule has 38 heavy (non-hydrogen) atoms. The van der Waals surface area contributed by atoms with Gasteiger partial charge in [-0.2, -0.15) is 0 Å². The Morgan fingerprint density at radius 2 is 1.66 bits per heavy atom. The van der Waals surface area contributed by atoms with Crippen molar-refractivity contribution in [1.29, 1.82) is 0 Å². The van der Waals surface area contributed by atoms with E-state index in [1.165, 1.54) is 34.3 Å². The number of fused-ring (bicyclic) bond motifs is 3. The van der Waals surface area contributed by atoms with Gasteiger partial charge in [0.2, 0.25) is 0 Å². The number of ether oxygens (including phenoxy) is 3. The van der Waals surface area contributed by atoms with Gasteiger partial charge in [-0.25, -0.2) is 4.39 Å². The predicted molar refractivity (Wildman–Crippen MR) is 145 cm³/mol. The van der Waals surface area contributed by atoms with Crippen LogP contribution in [0.3, 0.4) is 0 Å². The predicted octanol–water partition coefficient (Wildman–Crippen LogP) is 5.68. The van der Waals surface area contributed by atoms with Gasteiger partial charge in [0.25, 0.3) is 0 Å². The van der Waals surface area contributed by atoms with Gasteiger partial charge in [-0.05, 0) is 71.8 Å². The van der Waals surface area contributed by atoms with E-state index in [1.54, 1.807) is 19.2 Å². The smallest absolute Gasteiger partial charge is 0.153 e. The molecule has 0 radical (unpaired) electrons. The summed E-state index contributed by atoms with van der Waals surface area (Å²) in [7, 11) is 1.66. The van der Waals surface area contributed by atoms with Crippen molar-refractivity contribution < 1.29 is 23.9 Å². The standard InChI is InChI=1S/C32H29FN2O3/c1-36-30-14-7-22(17-23(30)20-38-25-10-8-24(33)9-11-25)31-32-27(15-16-34-31)28-18-26(12-13-29(28)35-32)37-19-21-5-3-2-4-6-21/h2-14,17-18,31,34-35H,15-16,19-20H2,1H3/p+1/t31-/m1/s1. The Balaban J connectivity index is 1.26. The molecule has 0 fully saturated rings. The van der Waals surface area contributed by atoms with Crippen molar-refractivity contribution in [1.82, 2.24) is 4.98 Å². The molecule has 6 rings (SSSR count). The van der Waals surface area contributed by atoms with Gasteiger partial charge in [0.15, 0.2) is 6.04 Å². The monoisotopic (exact) mass is 509 g/mol. The Bertz CT molecular complexity index is 1550. The summed E-state index contributed by atoms with van der Waals surface area (Å²) in [4.78, 5) is 3.69. The summed E-state index contributed by atoms with van der Waals surface area (Å²) in [5, 5.41) is 3.59. The van der Waals surface area contributed by atoms with E-state index < -0.39 is 0 Å². The van der Waals surface area contributed by atoms with Crippen molar-refractivity contribution >= 4 is 10.9 Å². The molecule has 5 aromatic rings. The summed E-state index contributed by atoms with van der Waals surface area (Å²) >= 11 is 0. The van der Waals surface area contributed by atoms with Gasteiger partial charge < -0.3 is 24.5 Å². The van der Waals surface area contributed by atoms with Crippen LogP contribution in [-0.4, -0.2) is 18.6 Å². The molecule has 192 valence electrons. The molecular formula is C32H30FN2O3+. The lowest BCUT2D eigenvalue weighted by Crippen LogP contribution is -2.87. The van der Waals surface area contributed by atoms with E-state index in [9.17, 15) is 4.39 Å². The fourth-order valence-electron chi connectivity index (χ4n) is 5.22. The maximum atomic E-state index is 13.3. The molecular weight excluding hydrogens is 479 g/mol. The summed E-state index contributed by atoms with van der Waals surface area (Å²) in [6.45, 7) is 1.87. The number of hydrogen-bond donors (Lipinski definition) is 2. The first kappa shape index (κ1) is 24.1. The minimum absolute atomic E-state index is 0.135. The highest BCUT2D eigenvalue weighted by Crippen LogP contribution is 2.34. The van der Waals surface area contributed by atoms with E-state index in [0.717, 1.165) is 41.1 Å². The number of quaternary nitrogens is 1. The molecule has 1 aliphatic heterocycles. The Kier molecular flexibility index (Phi) is 6.71. The summed E-state index contributed by atoms with van der Waals surface area (Å²) in [6, 6.07) is 29.0. The zero-order chi connectivity index (χ0) is 25.9. The van der Waals surface area contributed by atoms with Crippen LogP contribution in [0.5, 0.6) is 17.2 Å². The minimum Gasteiger partial charge on any atom is -0.496 e. The van der Waals surface area contributed by atoms with Crippen LogP contribution in [0, 0.1) is 5.82 Å². The Hall–Kier alpha value is -4.29. The van der Waals surface area contributed by atoms with Gasteiger partial charge in [0.05, 0.1) is 19.3 Å². The molecule has 0 amide bonds. The number of benzene rings is 4. The number of H-pyrrole nitrogens is 1. The molecule has 4 aromatic carbocycles. The number of nitrogens with one attached hydrogen (secondary N) is 1. The van der Waals surface area contributed by atoms with Gasteiger partial charge in [-0.3, -0.25) is 0 Å². The molecule has 1 aliphatic rings. The van der Waals surface area contributed by atoms with E-state index in [0.29, 0.717) is 19.0 Å². The van der Waals surface area contributed by atoms with Crippen molar-refractivity contribution in [2.75, 3.05) is 13.7 Å². The molecule has 0 aliphatic carbocycles. The zero-order valence-electron chi connectivity index (χ0n) is 21.2. The highest BCUT2D eigenvalue weighted by atomic mass is 19.1. The van der Waals surface area contributed by atoms with E-state index in [-0.39, 0.29) is 11.9 Å². The maximum Gasteiger partial charge on any atom is 0.153 e.